The van der Waals surface area contributed by atoms with Crippen molar-refractivity contribution in [2.45, 2.75) is 19.0 Å². The molecule has 140 valence electrons. The number of nitrogens with zero attached hydrogens (tertiary/aromatic N) is 7. The minimum atomic E-state index is -0.202. The Balaban J connectivity index is 1.62. The molecule has 0 N–H and O–H groups in total. The minimum absolute atomic E-state index is 0.0177. The summed E-state index contributed by atoms with van der Waals surface area (Å²) in [6.07, 6.45) is 3.88. The van der Waals surface area contributed by atoms with E-state index in [1.54, 1.807) is 32.2 Å². The number of rotatable bonds is 6. The van der Waals surface area contributed by atoms with Gasteiger partial charge in [-0.2, -0.15) is 5.10 Å². The second-order valence-corrected chi connectivity index (χ2v) is 6.48. The average Bonchev–Trinajstić information content (AvgIpc) is 3.26. The lowest BCUT2D eigenvalue weighted by molar-refractivity contribution is -0.133. The van der Waals surface area contributed by atoms with Crippen LogP contribution in [-0.4, -0.2) is 80.0 Å². The molecule has 0 bridgehead atoms. The van der Waals surface area contributed by atoms with Crippen LogP contribution in [0.5, 0.6) is 0 Å². The third-order valence-corrected chi connectivity index (χ3v) is 4.28. The lowest BCUT2D eigenvalue weighted by Gasteiger charge is -2.33. The molecule has 3 rings (SSSR count). The second kappa shape index (κ2) is 7.65. The molecule has 10 nitrogen and oxygen atoms in total. The predicted molar refractivity (Wildman–Crippen MR) is 91.1 cm³/mol. The van der Waals surface area contributed by atoms with Crippen LogP contribution in [0.15, 0.2) is 18.6 Å². The molecule has 0 fully saturated rings. The van der Waals surface area contributed by atoms with E-state index in [1.807, 2.05) is 10.7 Å². The van der Waals surface area contributed by atoms with E-state index < -0.39 is 0 Å². The van der Waals surface area contributed by atoms with E-state index in [1.165, 1.54) is 15.9 Å². The van der Waals surface area contributed by atoms with E-state index in [0.717, 1.165) is 5.69 Å². The Morgan fingerprint density at radius 1 is 1.38 bits per heavy atom. The van der Waals surface area contributed by atoms with Crippen LogP contribution in [0.2, 0.25) is 0 Å². The molecule has 2 aromatic rings. The summed E-state index contributed by atoms with van der Waals surface area (Å²) in [6, 6.07) is 1.88. The molecule has 0 aliphatic carbocycles. The van der Waals surface area contributed by atoms with Gasteiger partial charge in [-0.05, 0) is 12.5 Å². The van der Waals surface area contributed by atoms with Crippen LogP contribution in [-0.2, 0) is 23.1 Å². The maximum absolute atomic E-state index is 12.7. The Morgan fingerprint density at radius 3 is 2.88 bits per heavy atom. The van der Waals surface area contributed by atoms with Crippen molar-refractivity contribution in [2.75, 3.05) is 33.9 Å². The number of aromatic nitrogens is 5. The van der Waals surface area contributed by atoms with Gasteiger partial charge in [0, 0.05) is 40.5 Å². The number of ether oxygens (including phenoxy) is 1. The van der Waals surface area contributed by atoms with Gasteiger partial charge in [0.05, 0.1) is 18.3 Å². The summed E-state index contributed by atoms with van der Waals surface area (Å²) in [5.41, 5.74) is 0.954. The highest BCUT2D eigenvalue weighted by Gasteiger charge is 2.30. The van der Waals surface area contributed by atoms with Crippen LogP contribution in [0.3, 0.4) is 0 Å². The molecule has 3 heterocycles. The number of carbonyl (C=O) groups excluding carboxylic acids is 2. The zero-order valence-electron chi connectivity index (χ0n) is 15.2. The van der Waals surface area contributed by atoms with Crippen molar-refractivity contribution >= 4 is 11.8 Å². The smallest absolute Gasteiger partial charge is 0.293 e. The fourth-order valence-corrected chi connectivity index (χ4v) is 2.84. The summed E-state index contributed by atoms with van der Waals surface area (Å²) < 4.78 is 8.90. The van der Waals surface area contributed by atoms with E-state index in [0.29, 0.717) is 26.1 Å². The Kier molecular flexibility index (Phi) is 5.31. The topological polar surface area (TPSA) is 98.4 Å². The number of aryl methyl sites for hydroxylation is 1. The molecule has 1 unspecified atom stereocenters. The van der Waals surface area contributed by atoms with Gasteiger partial charge in [-0.25, -0.2) is 4.98 Å². The van der Waals surface area contributed by atoms with Gasteiger partial charge in [0.25, 0.3) is 5.91 Å². The summed E-state index contributed by atoms with van der Waals surface area (Å²) in [5, 5.41) is 8.45. The summed E-state index contributed by atoms with van der Waals surface area (Å²) in [7, 11) is 5.11. The normalized spacial score (nSPS) is 16.4. The van der Waals surface area contributed by atoms with Crippen molar-refractivity contribution in [3.05, 3.63) is 30.1 Å². The van der Waals surface area contributed by atoms with E-state index in [-0.39, 0.29) is 30.3 Å². The van der Waals surface area contributed by atoms with Crippen LogP contribution in [0, 0.1) is 0 Å². The Hall–Kier alpha value is -2.75. The molecular weight excluding hydrogens is 338 g/mol. The van der Waals surface area contributed by atoms with Crippen molar-refractivity contribution in [1.82, 2.24) is 34.3 Å². The lowest BCUT2D eigenvalue weighted by Crippen LogP contribution is -2.42. The first-order valence-electron chi connectivity index (χ1n) is 8.41. The highest BCUT2D eigenvalue weighted by molar-refractivity contribution is 5.90. The molecule has 10 heteroatoms. The molecule has 2 amide bonds. The molecule has 0 radical (unpaired) electrons. The first-order chi connectivity index (χ1) is 12.5. The summed E-state index contributed by atoms with van der Waals surface area (Å²) in [6.45, 7) is 1.42. The number of fused-ring (bicyclic) bond motifs is 1. The first-order valence-corrected chi connectivity index (χ1v) is 8.41. The minimum Gasteiger partial charge on any atom is -0.372 e. The van der Waals surface area contributed by atoms with E-state index in [9.17, 15) is 9.59 Å². The molecule has 26 heavy (non-hydrogen) atoms. The molecule has 1 aliphatic heterocycles. The number of hydrogen-bond acceptors (Lipinski definition) is 6. The van der Waals surface area contributed by atoms with E-state index >= 15 is 0 Å². The molecule has 1 atom stereocenters. The van der Waals surface area contributed by atoms with E-state index in [2.05, 4.69) is 15.2 Å². The molecule has 2 aromatic heterocycles. The third kappa shape index (κ3) is 3.90. The number of likely N-dealkylation sites (N-methyl/N-ethyl adjacent to an activating group) is 1. The zero-order valence-corrected chi connectivity index (χ0v) is 15.2. The van der Waals surface area contributed by atoms with Crippen molar-refractivity contribution in [3.63, 3.8) is 0 Å². The van der Waals surface area contributed by atoms with Crippen LogP contribution >= 0.6 is 0 Å². The van der Waals surface area contributed by atoms with Gasteiger partial charge in [-0.1, -0.05) is 0 Å². The molecular formula is C16H23N7O3. The maximum atomic E-state index is 12.7. The quantitative estimate of drug-likeness (QED) is 0.656. The standard InChI is InChI=1S/C16H23N7O3/c1-20(2)14(24)10-26-7-5-13-9-22(8-12-4-6-18-23(12)13)16(25)15-17-11-21(3)19-15/h4,6,11,13H,5,7-10H2,1-3H3. The molecule has 0 aromatic carbocycles. The highest BCUT2D eigenvalue weighted by Crippen LogP contribution is 2.23. The first kappa shape index (κ1) is 18.1. The van der Waals surface area contributed by atoms with Gasteiger partial charge in [-0.15, -0.1) is 5.10 Å². The monoisotopic (exact) mass is 361 g/mol. The summed E-state index contributed by atoms with van der Waals surface area (Å²) in [4.78, 5) is 31.5. The van der Waals surface area contributed by atoms with Crippen molar-refractivity contribution < 1.29 is 14.3 Å². The molecule has 0 saturated heterocycles. The zero-order chi connectivity index (χ0) is 18.7. The lowest BCUT2D eigenvalue weighted by atomic mass is 10.1. The van der Waals surface area contributed by atoms with Crippen molar-refractivity contribution in [2.24, 2.45) is 7.05 Å². The van der Waals surface area contributed by atoms with E-state index in [4.69, 9.17) is 4.74 Å². The van der Waals surface area contributed by atoms with Crippen molar-refractivity contribution in [1.29, 1.82) is 0 Å². The number of amides is 2. The highest BCUT2D eigenvalue weighted by atomic mass is 16.5. The fraction of sp³-hybridized carbons (Fsp3) is 0.562. The summed E-state index contributed by atoms with van der Waals surface area (Å²) >= 11 is 0. The molecule has 0 saturated carbocycles. The summed E-state index contributed by atoms with van der Waals surface area (Å²) in [5.74, 6) is -0.0924. The SMILES string of the molecule is CN(C)C(=O)COCCC1CN(C(=O)c2ncn(C)n2)Cc2ccnn21. The Bertz CT molecular complexity index is 782. The van der Waals surface area contributed by atoms with Gasteiger partial charge in [0.1, 0.15) is 12.9 Å². The molecule has 0 spiro atoms. The Labute approximate surface area is 151 Å². The van der Waals surface area contributed by atoms with Crippen LogP contribution in [0.1, 0.15) is 28.8 Å². The van der Waals surface area contributed by atoms with Crippen LogP contribution < -0.4 is 0 Å². The predicted octanol–water partition coefficient (Wildman–Crippen LogP) is -0.296. The average molecular weight is 361 g/mol. The van der Waals surface area contributed by atoms with Gasteiger partial charge in [0.2, 0.25) is 11.7 Å². The Morgan fingerprint density at radius 2 is 2.19 bits per heavy atom. The van der Waals surface area contributed by atoms with Gasteiger partial charge >= 0.3 is 0 Å². The van der Waals surface area contributed by atoms with Gasteiger partial charge in [-0.3, -0.25) is 19.0 Å². The maximum Gasteiger partial charge on any atom is 0.293 e. The van der Waals surface area contributed by atoms with Crippen LogP contribution in [0.4, 0.5) is 0 Å². The number of hydrogen-bond donors (Lipinski definition) is 0. The van der Waals surface area contributed by atoms with Crippen molar-refractivity contribution in [3.8, 4) is 0 Å². The third-order valence-electron chi connectivity index (χ3n) is 4.28. The fourth-order valence-electron chi connectivity index (χ4n) is 2.84. The second-order valence-electron chi connectivity index (χ2n) is 6.48. The largest absolute Gasteiger partial charge is 0.372 e. The number of carbonyl (C=O) groups is 2. The van der Waals surface area contributed by atoms with Gasteiger partial charge < -0.3 is 14.5 Å². The molecule has 1 aliphatic rings. The van der Waals surface area contributed by atoms with Crippen LogP contribution in [0.25, 0.3) is 0 Å². The van der Waals surface area contributed by atoms with Gasteiger partial charge in [0.15, 0.2) is 0 Å².